The molecule has 2 nitrogen and oxygen atoms in total. The molecule has 0 radical (unpaired) electrons. The van der Waals surface area contributed by atoms with Crippen molar-refractivity contribution in [1.29, 1.82) is 0 Å². The summed E-state index contributed by atoms with van der Waals surface area (Å²) in [5.41, 5.74) is 1.47. The smallest absolute Gasteiger partial charge is 0.119 e. The average Bonchev–Trinajstić information content (AvgIpc) is 2.29. The quantitative estimate of drug-likeness (QED) is 0.814. The Bertz CT molecular complexity index is 352. The minimum Gasteiger partial charge on any atom is -0.497 e. The van der Waals surface area contributed by atoms with Crippen LogP contribution >= 0.6 is 0 Å². The Balaban J connectivity index is 3.09. The maximum absolute atomic E-state index is 10.8. The van der Waals surface area contributed by atoms with Crippen LogP contribution in [0.15, 0.2) is 18.2 Å². The molecule has 0 saturated heterocycles. The van der Waals surface area contributed by atoms with E-state index >= 15 is 0 Å². The molecule has 0 unspecified atom stereocenters. The Hall–Kier alpha value is -1.02. The molecule has 0 saturated carbocycles. The van der Waals surface area contributed by atoms with E-state index in [4.69, 9.17) is 4.74 Å². The van der Waals surface area contributed by atoms with Gasteiger partial charge in [-0.2, -0.15) is 0 Å². The number of benzene rings is 1. The minimum absolute atomic E-state index is 0.681. The number of aliphatic hydroxyl groups is 1. The molecule has 1 N–H and O–H groups in total. The highest BCUT2D eigenvalue weighted by molar-refractivity contribution is 5.38. The summed E-state index contributed by atoms with van der Waals surface area (Å²) in [6, 6.07) is 5.92. The van der Waals surface area contributed by atoms with Crippen LogP contribution in [0.2, 0.25) is 0 Å². The standard InChI is InChI=1S/C15H24O2/c1-5-9-15(16,10-6-2)14-8-7-13(17-4)11-12(14)3/h7-8,11,16H,5-6,9-10H2,1-4H3. The van der Waals surface area contributed by atoms with Crippen LogP contribution in [0.5, 0.6) is 5.75 Å². The molecule has 2 heteroatoms. The van der Waals surface area contributed by atoms with E-state index in [2.05, 4.69) is 13.8 Å². The summed E-state index contributed by atoms with van der Waals surface area (Å²) in [4.78, 5) is 0. The third-order valence-corrected chi connectivity index (χ3v) is 3.26. The summed E-state index contributed by atoms with van der Waals surface area (Å²) < 4.78 is 5.20. The van der Waals surface area contributed by atoms with Crippen LogP contribution in [-0.2, 0) is 5.60 Å². The van der Waals surface area contributed by atoms with E-state index in [0.29, 0.717) is 0 Å². The first kappa shape index (κ1) is 14.0. The van der Waals surface area contributed by atoms with Gasteiger partial charge in [0.1, 0.15) is 5.75 Å². The lowest BCUT2D eigenvalue weighted by Gasteiger charge is -2.30. The summed E-state index contributed by atoms with van der Waals surface area (Å²) >= 11 is 0. The van der Waals surface area contributed by atoms with Crippen molar-refractivity contribution in [2.75, 3.05) is 7.11 Å². The molecular formula is C15H24O2. The van der Waals surface area contributed by atoms with Crippen molar-refractivity contribution in [3.8, 4) is 5.75 Å². The molecule has 0 fully saturated rings. The molecule has 0 aliphatic rings. The van der Waals surface area contributed by atoms with E-state index in [1.807, 2.05) is 25.1 Å². The second kappa shape index (κ2) is 6.06. The fourth-order valence-corrected chi connectivity index (χ4v) is 2.51. The molecule has 0 atom stereocenters. The summed E-state index contributed by atoms with van der Waals surface area (Å²) in [6.45, 7) is 6.26. The third kappa shape index (κ3) is 3.22. The molecule has 0 spiro atoms. The van der Waals surface area contributed by atoms with Gasteiger partial charge in [0.05, 0.1) is 12.7 Å². The average molecular weight is 236 g/mol. The predicted octanol–water partition coefficient (Wildman–Crippen LogP) is 3.79. The summed E-state index contributed by atoms with van der Waals surface area (Å²) in [5.74, 6) is 0.849. The number of hydrogen-bond donors (Lipinski definition) is 1. The van der Waals surface area contributed by atoms with Gasteiger partial charge in [-0.05, 0) is 43.0 Å². The zero-order chi connectivity index (χ0) is 12.9. The zero-order valence-electron chi connectivity index (χ0n) is 11.4. The van der Waals surface area contributed by atoms with Gasteiger partial charge in [-0.1, -0.05) is 32.8 Å². The SMILES string of the molecule is CCCC(O)(CCC)c1ccc(OC)cc1C. The van der Waals surface area contributed by atoms with Crippen molar-refractivity contribution in [3.05, 3.63) is 29.3 Å². The second-order valence-electron chi connectivity index (χ2n) is 4.71. The van der Waals surface area contributed by atoms with Crippen LogP contribution in [0.25, 0.3) is 0 Å². The van der Waals surface area contributed by atoms with Gasteiger partial charge in [0.25, 0.3) is 0 Å². The first-order chi connectivity index (χ1) is 8.07. The van der Waals surface area contributed by atoms with Crippen molar-refractivity contribution in [3.63, 3.8) is 0 Å². The molecule has 0 amide bonds. The highest BCUT2D eigenvalue weighted by Gasteiger charge is 2.28. The molecule has 0 aromatic heterocycles. The van der Waals surface area contributed by atoms with E-state index in [1.165, 1.54) is 0 Å². The van der Waals surface area contributed by atoms with Crippen LogP contribution in [0.3, 0.4) is 0 Å². The van der Waals surface area contributed by atoms with Crippen LogP contribution in [0.1, 0.15) is 50.7 Å². The van der Waals surface area contributed by atoms with Gasteiger partial charge in [0.2, 0.25) is 0 Å². The van der Waals surface area contributed by atoms with Crippen molar-refractivity contribution in [2.24, 2.45) is 0 Å². The second-order valence-corrected chi connectivity index (χ2v) is 4.71. The van der Waals surface area contributed by atoms with Crippen LogP contribution in [-0.4, -0.2) is 12.2 Å². The van der Waals surface area contributed by atoms with E-state index in [-0.39, 0.29) is 0 Å². The van der Waals surface area contributed by atoms with Crippen LogP contribution in [0, 0.1) is 6.92 Å². The van der Waals surface area contributed by atoms with Crippen LogP contribution in [0.4, 0.5) is 0 Å². The van der Waals surface area contributed by atoms with Gasteiger partial charge in [-0.25, -0.2) is 0 Å². The topological polar surface area (TPSA) is 29.5 Å². The van der Waals surface area contributed by atoms with Gasteiger partial charge in [0.15, 0.2) is 0 Å². The van der Waals surface area contributed by atoms with Crippen LogP contribution < -0.4 is 4.74 Å². The van der Waals surface area contributed by atoms with Crippen molar-refractivity contribution in [2.45, 2.75) is 52.1 Å². The zero-order valence-corrected chi connectivity index (χ0v) is 11.4. The Morgan fingerprint density at radius 3 is 2.18 bits per heavy atom. The molecular weight excluding hydrogens is 212 g/mol. The molecule has 0 heterocycles. The van der Waals surface area contributed by atoms with Crippen molar-refractivity contribution < 1.29 is 9.84 Å². The Morgan fingerprint density at radius 2 is 1.76 bits per heavy atom. The Kier molecular flexibility index (Phi) is 5.01. The van der Waals surface area contributed by atoms with Gasteiger partial charge in [-0.15, -0.1) is 0 Å². The monoisotopic (exact) mass is 236 g/mol. The van der Waals surface area contributed by atoms with E-state index in [0.717, 1.165) is 42.6 Å². The fraction of sp³-hybridized carbons (Fsp3) is 0.600. The van der Waals surface area contributed by atoms with E-state index < -0.39 is 5.60 Å². The lowest BCUT2D eigenvalue weighted by atomic mass is 9.83. The molecule has 0 aliphatic carbocycles. The third-order valence-electron chi connectivity index (χ3n) is 3.26. The first-order valence-corrected chi connectivity index (χ1v) is 6.45. The molecule has 1 rings (SSSR count). The number of methoxy groups -OCH3 is 1. The Morgan fingerprint density at radius 1 is 1.18 bits per heavy atom. The summed E-state index contributed by atoms with van der Waals surface area (Å²) in [7, 11) is 1.67. The predicted molar refractivity (Wildman–Crippen MR) is 71.4 cm³/mol. The normalized spacial score (nSPS) is 11.6. The minimum atomic E-state index is -0.681. The number of rotatable bonds is 6. The maximum atomic E-state index is 10.8. The lowest BCUT2D eigenvalue weighted by Crippen LogP contribution is -2.26. The number of hydrogen-bond acceptors (Lipinski definition) is 2. The molecule has 0 bridgehead atoms. The highest BCUT2D eigenvalue weighted by Crippen LogP contribution is 2.34. The van der Waals surface area contributed by atoms with Gasteiger partial charge in [0, 0.05) is 0 Å². The van der Waals surface area contributed by atoms with E-state index in [9.17, 15) is 5.11 Å². The van der Waals surface area contributed by atoms with Gasteiger partial charge >= 0.3 is 0 Å². The maximum Gasteiger partial charge on any atom is 0.119 e. The molecule has 1 aromatic carbocycles. The summed E-state index contributed by atoms with van der Waals surface area (Å²) in [5, 5.41) is 10.8. The number of ether oxygens (including phenoxy) is 1. The van der Waals surface area contributed by atoms with Gasteiger partial charge < -0.3 is 9.84 Å². The van der Waals surface area contributed by atoms with E-state index in [1.54, 1.807) is 7.11 Å². The molecule has 17 heavy (non-hydrogen) atoms. The highest BCUT2D eigenvalue weighted by atomic mass is 16.5. The summed E-state index contributed by atoms with van der Waals surface area (Å²) in [6.07, 6.45) is 3.60. The Labute approximate surface area is 105 Å². The number of aryl methyl sites for hydroxylation is 1. The lowest BCUT2D eigenvalue weighted by molar-refractivity contribution is 0.0163. The molecule has 0 aliphatic heterocycles. The molecule has 96 valence electrons. The van der Waals surface area contributed by atoms with Crippen molar-refractivity contribution >= 4 is 0 Å². The largest absolute Gasteiger partial charge is 0.497 e. The van der Waals surface area contributed by atoms with Crippen molar-refractivity contribution in [1.82, 2.24) is 0 Å². The van der Waals surface area contributed by atoms with Gasteiger partial charge in [-0.3, -0.25) is 0 Å². The first-order valence-electron chi connectivity index (χ1n) is 6.45. The molecule has 1 aromatic rings. The fourth-order valence-electron chi connectivity index (χ4n) is 2.51.